The summed E-state index contributed by atoms with van der Waals surface area (Å²) < 4.78 is 0.164. The summed E-state index contributed by atoms with van der Waals surface area (Å²) >= 11 is 7.48. The zero-order valence-corrected chi connectivity index (χ0v) is 10.9. The molecular weight excluding hydrogens is 298 g/mol. The molecule has 4 heteroatoms. The van der Waals surface area contributed by atoms with Crippen molar-refractivity contribution in [3.63, 3.8) is 0 Å². The molecule has 2 aliphatic rings. The van der Waals surface area contributed by atoms with E-state index in [4.69, 9.17) is 5.11 Å². The summed E-state index contributed by atoms with van der Waals surface area (Å²) in [5.41, 5.74) is 0.430. The third-order valence-corrected chi connectivity index (χ3v) is 6.61. The Morgan fingerprint density at radius 3 is 2.77 bits per heavy atom. The lowest BCUT2D eigenvalue weighted by Crippen LogP contribution is -2.35. The maximum Gasteiger partial charge on any atom is 0.0909 e. The van der Waals surface area contributed by atoms with Gasteiger partial charge in [-0.3, -0.25) is 0 Å². The molecule has 0 radical (unpaired) electrons. The summed E-state index contributed by atoms with van der Waals surface area (Å²) in [6.45, 7) is 5.65. The molecule has 1 aliphatic carbocycles. The third kappa shape index (κ3) is 1.41. The number of alkyl halides is 2. The average molecular weight is 313 g/mol. The SMILES string of the molecule is C[C@@]12CCN(CCO)C[C@@H]1C2(Br)Br. The van der Waals surface area contributed by atoms with Gasteiger partial charge in [0.25, 0.3) is 0 Å². The molecule has 2 fully saturated rings. The lowest BCUT2D eigenvalue weighted by atomic mass is 9.98. The van der Waals surface area contributed by atoms with Crippen molar-refractivity contribution in [1.82, 2.24) is 4.90 Å². The topological polar surface area (TPSA) is 23.5 Å². The highest BCUT2D eigenvalue weighted by Crippen LogP contribution is 2.74. The molecule has 2 nitrogen and oxygen atoms in total. The van der Waals surface area contributed by atoms with Gasteiger partial charge in [-0.2, -0.15) is 0 Å². The standard InChI is InChI=1S/C9H15Br2NO/c1-8-2-3-12(4-5-13)6-7(8)9(8,10)11/h7,13H,2-6H2,1H3/t7-,8+/m0/s1. The number of nitrogens with zero attached hydrogens (tertiary/aromatic N) is 1. The van der Waals surface area contributed by atoms with Crippen molar-refractivity contribution >= 4 is 31.9 Å². The monoisotopic (exact) mass is 311 g/mol. The number of rotatable bonds is 2. The van der Waals surface area contributed by atoms with Crippen molar-refractivity contribution in [1.29, 1.82) is 0 Å². The zero-order valence-electron chi connectivity index (χ0n) is 7.76. The molecule has 2 atom stereocenters. The highest BCUT2D eigenvalue weighted by atomic mass is 79.9. The number of hydrogen-bond donors (Lipinski definition) is 1. The van der Waals surface area contributed by atoms with Crippen molar-refractivity contribution in [3.8, 4) is 0 Å². The summed E-state index contributed by atoms with van der Waals surface area (Å²) in [6, 6.07) is 0. The largest absolute Gasteiger partial charge is 0.395 e. The summed E-state index contributed by atoms with van der Waals surface area (Å²) in [5, 5.41) is 8.85. The van der Waals surface area contributed by atoms with E-state index < -0.39 is 0 Å². The minimum absolute atomic E-state index is 0.164. The van der Waals surface area contributed by atoms with Crippen LogP contribution in [0.25, 0.3) is 0 Å². The summed E-state index contributed by atoms with van der Waals surface area (Å²) in [5.74, 6) is 0.695. The Kier molecular flexibility index (Phi) is 2.55. The van der Waals surface area contributed by atoms with Gasteiger partial charge < -0.3 is 10.0 Å². The Morgan fingerprint density at radius 2 is 2.23 bits per heavy atom. The molecule has 2 rings (SSSR count). The van der Waals surface area contributed by atoms with Crippen LogP contribution in [0.5, 0.6) is 0 Å². The Labute approximate surface area is 95.9 Å². The number of fused-ring (bicyclic) bond motifs is 1. The van der Waals surface area contributed by atoms with Crippen LogP contribution in [0.2, 0.25) is 0 Å². The number of β-amino-alcohol motifs (C(OH)–C–C–N with tert-alkyl or cyclic N) is 1. The first-order valence-corrected chi connectivity index (χ1v) is 6.32. The van der Waals surface area contributed by atoms with Crippen LogP contribution >= 0.6 is 31.9 Å². The number of likely N-dealkylation sites (tertiary alicyclic amines) is 1. The molecule has 0 aromatic rings. The van der Waals surface area contributed by atoms with E-state index in [2.05, 4.69) is 43.7 Å². The van der Waals surface area contributed by atoms with E-state index in [0.29, 0.717) is 11.3 Å². The van der Waals surface area contributed by atoms with Gasteiger partial charge in [-0.15, -0.1) is 0 Å². The predicted molar refractivity (Wildman–Crippen MR) is 60.3 cm³/mol. The van der Waals surface area contributed by atoms with Crippen LogP contribution in [0.4, 0.5) is 0 Å². The third-order valence-electron chi connectivity index (χ3n) is 3.69. The molecule has 0 amide bonds. The summed E-state index contributed by atoms with van der Waals surface area (Å²) in [6.07, 6.45) is 1.22. The molecule has 0 aromatic carbocycles. The number of halogens is 2. The van der Waals surface area contributed by atoms with Crippen LogP contribution in [-0.4, -0.2) is 39.5 Å². The van der Waals surface area contributed by atoms with Crippen LogP contribution in [0, 0.1) is 11.3 Å². The fourth-order valence-electron chi connectivity index (χ4n) is 2.42. The second-order valence-electron chi connectivity index (χ2n) is 4.37. The number of piperidine rings is 1. The van der Waals surface area contributed by atoms with Gasteiger partial charge >= 0.3 is 0 Å². The number of aliphatic hydroxyl groups excluding tert-OH is 1. The van der Waals surface area contributed by atoms with E-state index in [0.717, 1.165) is 19.6 Å². The first kappa shape index (κ1) is 10.4. The quantitative estimate of drug-likeness (QED) is 0.786. The first-order valence-electron chi connectivity index (χ1n) is 4.73. The molecular formula is C9H15Br2NO. The Bertz CT molecular complexity index is 222. The van der Waals surface area contributed by atoms with Gasteiger partial charge in [0.1, 0.15) is 0 Å². The van der Waals surface area contributed by atoms with Crippen LogP contribution < -0.4 is 0 Å². The van der Waals surface area contributed by atoms with E-state index in [9.17, 15) is 0 Å². The highest BCUT2D eigenvalue weighted by molar-refractivity contribution is 9.25. The van der Waals surface area contributed by atoms with Crippen molar-refractivity contribution in [2.75, 3.05) is 26.2 Å². The fraction of sp³-hybridized carbons (Fsp3) is 1.00. The highest BCUT2D eigenvalue weighted by Gasteiger charge is 2.72. The second-order valence-corrected chi connectivity index (χ2v) is 7.93. The first-order chi connectivity index (χ1) is 6.02. The van der Waals surface area contributed by atoms with Gasteiger partial charge in [-0.1, -0.05) is 38.8 Å². The number of aliphatic hydroxyl groups is 1. The molecule has 0 unspecified atom stereocenters. The van der Waals surface area contributed by atoms with E-state index in [1.54, 1.807) is 0 Å². The normalized spacial score (nSPS) is 42.9. The molecule has 1 saturated carbocycles. The van der Waals surface area contributed by atoms with Gasteiger partial charge in [-0.05, 0) is 13.0 Å². The molecule has 76 valence electrons. The van der Waals surface area contributed by atoms with Crippen molar-refractivity contribution in [2.24, 2.45) is 11.3 Å². The van der Waals surface area contributed by atoms with Crippen molar-refractivity contribution < 1.29 is 5.11 Å². The van der Waals surface area contributed by atoms with E-state index in [-0.39, 0.29) is 9.84 Å². The molecule has 1 heterocycles. The van der Waals surface area contributed by atoms with Crippen LogP contribution in [0.15, 0.2) is 0 Å². The smallest absolute Gasteiger partial charge is 0.0909 e. The molecule has 0 spiro atoms. The minimum Gasteiger partial charge on any atom is -0.395 e. The lowest BCUT2D eigenvalue weighted by Gasteiger charge is -2.28. The fourth-order valence-corrected chi connectivity index (χ4v) is 4.44. The van der Waals surface area contributed by atoms with E-state index >= 15 is 0 Å². The molecule has 1 saturated heterocycles. The van der Waals surface area contributed by atoms with E-state index in [1.807, 2.05) is 0 Å². The summed E-state index contributed by atoms with van der Waals surface area (Å²) in [7, 11) is 0. The molecule has 0 bridgehead atoms. The van der Waals surface area contributed by atoms with E-state index in [1.165, 1.54) is 6.42 Å². The lowest BCUT2D eigenvalue weighted by molar-refractivity contribution is 0.148. The minimum atomic E-state index is 0.164. The Hall–Kier alpha value is 0.880. The van der Waals surface area contributed by atoms with Crippen LogP contribution in [0.1, 0.15) is 13.3 Å². The van der Waals surface area contributed by atoms with Gasteiger partial charge in [0.05, 0.1) is 9.84 Å². The van der Waals surface area contributed by atoms with Gasteiger partial charge in [0, 0.05) is 24.4 Å². The molecule has 1 aliphatic heterocycles. The van der Waals surface area contributed by atoms with Crippen LogP contribution in [0.3, 0.4) is 0 Å². The summed E-state index contributed by atoms with van der Waals surface area (Å²) in [4.78, 5) is 2.34. The van der Waals surface area contributed by atoms with Crippen molar-refractivity contribution in [3.05, 3.63) is 0 Å². The maximum atomic E-state index is 8.85. The number of hydrogen-bond acceptors (Lipinski definition) is 2. The Morgan fingerprint density at radius 1 is 1.54 bits per heavy atom. The Balaban J connectivity index is 1.98. The molecule has 1 N–H and O–H groups in total. The van der Waals surface area contributed by atoms with Gasteiger partial charge in [-0.25, -0.2) is 0 Å². The van der Waals surface area contributed by atoms with Crippen molar-refractivity contribution in [2.45, 2.75) is 16.6 Å². The molecule has 0 aromatic heterocycles. The van der Waals surface area contributed by atoms with Crippen LogP contribution in [-0.2, 0) is 0 Å². The average Bonchev–Trinajstić information content (AvgIpc) is 2.50. The second kappa shape index (κ2) is 3.19. The predicted octanol–water partition coefficient (Wildman–Crippen LogP) is 1.81. The van der Waals surface area contributed by atoms with Gasteiger partial charge in [0.2, 0.25) is 0 Å². The van der Waals surface area contributed by atoms with Gasteiger partial charge in [0.15, 0.2) is 0 Å². The zero-order chi connectivity index (χ0) is 9.69. The molecule has 13 heavy (non-hydrogen) atoms. The maximum absolute atomic E-state index is 8.85.